The van der Waals surface area contributed by atoms with Crippen molar-refractivity contribution in [2.75, 3.05) is 7.11 Å². The van der Waals surface area contributed by atoms with E-state index < -0.39 is 27.8 Å². The summed E-state index contributed by atoms with van der Waals surface area (Å²) in [5.41, 5.74) is 1.63. The van der Waals surface area contributed by atoms with E-state index in [1.807, 2.05) is 12.1 Å². The van der Waals surface area contributed by atoms with Crippen molar-refractivity contribution in [1.29, 1.82) is 0 Å². The highest BCUT2D eigenvalue weighted by atomic mass is 28.3. The predicted octanol–water partition coefficient (Wildman–Crippen LogP) is 4.38. The van der Waals surface area contributed by atoms with Gasteiger partial charge in [-0.2, -0.15) is 0 Å². The Bertz CT molecular complexity index is 739. The van der Waals surface area contributed by atoms with Crippen LogP contribution in [0, 0.1) is 0 Å². The number of hydrogen-bond acceptors (Lipinski definition) is 2. The minimum atomic E-state index is -1.92. The number of hydrogen-bond donors (Lipinski definition) is 1. The van der Waals surface area contributed by atoms with Crippen molar-refractivity contribution in [2.45, 2.75) is 44.8 Å². The lowest BCUT2D eigenvalue weighted by Gasteiger charge is -2.25. The van der Waals surface area contributed by atoms with Gasteiger partial charge >= 0.3 is 5.97 Å². The molecule has 0 bridgehead atoms. The van der Waals surface area contributed by atoms with E-state index in [0.29, 0.717) is 0 Å². The van der Waals surface area contributed by atoms with Gasteiger partial charge in [-0.25, -0.2) is 0 Å². The zero-order valence-electron chi connectivity index (χ0n) is 15.1. The average Bonchev–Trinajstić information content (AvgIpc) is 2.75. The van der Waals surface area contributed by atoms with Crippen LogP contribution >= 0.6 is 0 Å². The van der Waals surface area contributed by atoms with Crippen molar-refractivity contribution in [3.63, 3.8) is 0 Å². The fourth-order valence-corrected chi connectivity index (χ4v) is 6.46. The molecule has 1 atom stereocenters. The molecule has 0 aliphatic heterocycles. The van der Waals surface area contributed by atoms with E-state index in [2.05, 4.69) is 55.8 Å². The number of aliphatic carboxylic acids is 1. The van der Waals surface area contributed by atoms with Gasteiger partial charge in [0, 0.05) is 10.9 Å². The molecule has 1 N–H and O–H groups in total. The highest BCUT2D eigenvalue weighted by Gasteiger charge is 2.37. The maximum atomic E-state index is 12.0. The van der Waals surface area contributed by atoms with E-state index in [0.717, 1.165) is 22.2 Å². The molecule has 126 valence electrons. The SMILES string of the molecule is COc1ccc2c(c1)c(C(C(=O)O)[Si](C)(C)C)cn2[Si](C)(C)C. The maximum Gasteiger partial charge on any atom is 0.308 e. The van der Waals surface area contributed by atoms with Crippen molar-refractivity contribution in [3.05, 3.63) is 30.0 Å². The van der Waals surface area contributed by atoms with Crippen molar-refractivity contribution in [1.82, 2.24) is 4.23 Å². The largest absolute Gasteiger partial charge is 0.497 e. The summed E-state index contributed by atoms with van der Waals surface area (Å²) in [7, 11) is -1.92. The van der Waals surface area contributed by atoms with E-state index in [9.17, 15) is 9.90 Å². The number of rotatable bonds is 5. The monoisotopic (exact) mass is 349 g/mol. The average molecular weight is 350 g/mol. The van der Waals surface area contributed by atoms with Crippen LogP contribution in [0.3, 0.4) is 0 Å². The molecule has 0 aliphatic rings. The summed E-state index contributed by atoms with van der Waals surface area (Å²) in [4.78, 5) is 12.0. The van der Waals surface area contributed by atoms with Crippen LogP contribution in [0.1, 0.15) is 11.1 Å². The fourth-order valence-electron chi connectivity index (χ4n) is 3.12. The van der Waals surface area contributed by atoms with Gasteiger partial charge < -0.3 is 14.1 Å². The number of aromatic nitrogens is 1. The van der Waals surface area contributed by atoms with Crippen LogP contribution in [0.15, 0.2) is 24.4 Å². The summed E-state index contributed by atoms with van der Waals surface area (Å²) < 4.78 is 7.68. The zero-order chi connectivity index (χ0) is 17.6. The molecule has 0 fully saturated rings. The Balaban J connectivity index is 2.84. The van der Waals surface area contributed by atoms with Crippen molar-refractivity contribution in [3.8, 4) is 5.75 Å². The van der Waals surface area contributed by atoms with Crippen LogP contribution in [0.5, 0.6) is 5.75 Å². The van der Waals surface area contributed by atoms with Crippen molar-refractivity contribution in [2.24, 2.45) is 0 Å². The van der Waals surface area contributed by atoms with Gasteiger partial charge in [-0.3, -0.25) is 4.79 Å². The lowest BCUT2D eigenvalue weighted by Crippen LogP contribution is -2.37. The molecule has 2 aromatic rings. The molecular formula is C17H27NO3Si2. The summed E-state index contributed by atoms with van der Waals surface area (Å²) in [5.74, 6) is 0.0494. The Morgan fingerprint density at radius 3 is 2.22 bits per heavy atom. The Kier molecular flexibility index (Phi) is 4.52. The third-order valence-electron chi connectivity index (χ3n) is 4.19. The van der Waals surface area contributed by atoms with Gasteiger partial charge in [-0.15, -0.1) is 0 Å². The summed E-state index contributed by atoms with van der Waals surface area (Å²) in [5, 5.41) is 10.9. The van der Waals surface area contributed by atoms with Gasteiger partial charge in [-0.05, 0) is 30.0 Å². The Labute approximate surface area is 140 Å². The molecule has 1 unspecified atom stereocenters. The number of carboxylic acid groups (broad SMARTS) is 1. The van der Waals surface area contributed by atoms with Gasteiger partial charge in [0.2, 0.25) is 0 Å². The van der Waals surface area contributed by atoms with Gasteiger partial charge in [0.05, 0.1) is 20.7 Å². The maximum absolute atomic E-state index is 12.0. The number of benzene rings is 1. The second kappa shape index (κ2) is 5.83. The fraction of sp³-hybridized carbons (Fsp3) is 0.471. The predicted molar refractivity (Wildman–Crippen MR) is 101 cm³/mol. The third kappa shape index (κ3) is 3.38. The minimum absolute atomic E-state index is 0.422. The first-order valence-electron chi connectivity index (χ1n) is 7.89. The third-order valence-corrected chi connectivity index (χ3v) is 8.29. The van der Waals surface area contributed by atoms with E-state index >= 15 is 0 Å². The lowest BCUT2D eigenvalue weighted by molar-refractivity contribution is -0.136. The van der Waals surface area contributed by atoms with Crippen LogP contribution in [-0.2, 0) is 4.79 Å². The molecule has 0 amide bonds. The Morgan fingerprint density at radius 2 is 1.78 bits per heavy atom. The van der Waals surface area contributed by atoms with E-state index in [-0.39, 0.29) is 0 Å². The topological polar surface area (TPSA) is 51.5 Å². The number of carboxylic acids is 1. The molecule has 2 rings (SSSR count). The highest BCUT2D eigenvalue weighted by molar-refractivity contribution is 6.80. The summed E-state index contributed by atoms with van der Waals surface area (Å²) in [6.07, 6.45) is 2.09. The van der Waals surface area contributed by atoms with E-state index in [1.165, 1.54) is 0 Å². The number of fused-ring (bicyclic) bond motifs is 1. The molecule has 0 radical (unpaired) electrons. The van der Waals surface area contributed by atoms with Crippen LogP contribution < -0.4 is 4.74 Å². The molecule has 1 aromatic carbocycles. The summed E-state index contributed by atoms with van der Waals surface area (Å²) >= 11 is 0. The molecular weight excluding hydrogens is 322 g/mol. The van der Waals surface area contributed by atoms with Crippen LogP contribution in [0.25, 0.3) is 10.9 Å². The molecule has 0 saturated carbocycles. The quantitative estimate of drug-likeness (QED) is 0.815. The molecule has 0 aliphatic carbocycles. The van der Waals surface area contributed by atoms with Gasteiger partial charge in [-0.1, -0.05) is 39.3 Å². The van der Waals surface area contributed by atoms with Crippen LogP contribution in [0.4, 0.5) is 0 Å². The number of nitrogens with zero attached hydrogens (tertiary/aromatic N) is 1. The Morgan fingerprint density at radius 1 is 1.17 bits per heavy atom. The van der Waals surface area contributed by atoms with Crippen LogP contribution in [0.2, 0.25) is 39.3 Å². The number of methoxy groups -OCH3 is 1. The van der Waals surface area contributed by atoms with Gasteiger partial charge in [0.25, 0.3) is 0 Å². The molecule has 0 saturated heterocycles. The first kappa shape index (κ1) is 17.8. The zero-order valence-corrected chi connectivity index (χ0v) is 17.1. The first-order valence-corrected chi connectivity index (χ1v) is 14.9. The Hall–Kier alpha value is -1.54. The summed E-state index contributed by atoms with van der Waals surface area (Å²) in [6, 6.07) is 5.99. The number of carbonyl (C=O) groups is 1. The number of ether oxygens (including phenoxy) is 1. The van der Waals surface area contributed by atoms with E-state index in [1.54, 1.807) is 7.11 Å². The smallest absolute Gasteiger partial charge is 0.308 e. The molecule has 23 heavy (non-hydrogen) atoms. The minimum Gasteiger partial charge on any atom is -0.497 e. The molecule has 4 nitrogen and oxygen atoms in total. The van der Waals surface area contributed by atoms with Gasteiger partial charge in [0.1, 0.15) is 5.75 Å². The standard InChI is InChI=1S/C17H27NO3Si2/c1-21-12-8-9-15-13(10-12)14(11-18(15)23(5,6)7)16(17(19)20)22(2,3)4/h8-11,16H,1-7H3,(H,19,20). The normalized spacial score (nSPS) is 14.0. The molecule has 6 heteroatoms. The summed E-state index contributed by atoms with van der Waals surface area (Å²) in [6.45, 7) is 13.1. The lowest BCUT2D eigenvalue weighted by atomic mass is 10.1. The second-order valence-electron chi connectivity index (χ2n) is 8.15. The molecule has 0 spiro atoms. The molecule has 1 heterocycles. The second-order valence-corrected chi connectivity index (χ2v) is 18.3. The van der Waals surface area contributed by atoms with Crippen molar-refractivity contribution < 1.29 is 14.6 Å². The van der Waals surface area contributed by atoms with Crippen molar-refractivity contribution >= 4 is 33.2 Å². The highest BCUT2D eigenvalue weighted by Crippen LogP contribution is 2.37. The van der Waals surface area contributed by atoms with E-state index in [4.69, 9.17) is 4.74 Å². The van der Waals surface area contributed by atoms with Crippen LogP contribution in [-0.4, -0.2) is 38.7 Å². The molecule has 1 aromatic heterocycles. The first-order chi connectivity index (χ1) is 10.5. The van der Waals surface area contributed by atoms with Gasteiger partial charge in [0.15, 0.2) is 8.24 Å².